The Morgan fingerprint density at radius 2 is 1.92 bits per heavy atom. The summed E-state index contributed by atoms with van der Waals surface area (Å²) in [6.07, 6.45) is 6.62. The molecule has 0 bridgehead atoms. The van der Waals surface area contributed by atoms with Gasteiger partial charge in [0.2, 0.25) is 0 Å². The summed E-state index contributed by atoms with van der Waals surface area (Å²) in [4.78, 5) is 24.3. The van der Waals surface area contributed by atoms with E-state index >= 15 is 0 Å². The van der Waals surface area contributed by atoms with Gasteiger partial charge in [0.05, 0.1) is 6.10 Å². The SMILES string of the molecule is C[C@]12CCC(=O)C[C@@H]1CC[C@@H]1[C@@H]2[C@H](O)C[C@]2(C)[C@@H](C(=O)CO)CC[C@@H]12. The highest BCUT2D eigenvalue weighted by Crippen LogP contribution is 2.67. The van der Waals surface area contributed by atoms with E-state index in [4.69, 9.17) is 0 Å². The molecule has 0 aromatic rings. The van der Waals surface area contributed by atoms with Gasteiger partial charge in [0, 0.05) is 18.8 Å². The first-order valence-corrected chi connectivity index (χ1v) is 10.1. The number of fused-ring (bicyclic) bond motifs is 5. The van der Waals surface area contributed by atoms with Gasteiger partial charge in [-0.1, -0.05) is 13.8 Å². The first-order chi connectivity index (χ1) is 11.8. The molecule has 0 aromatic carbocycles. The van der Waals surface area contributed by atoms with Crippen LogP contribution in [0.4, 0.5) is 0 Å². The zero-order chi connectivity index (χ0) is 18.0. The van der Waals surface area contributed by atoms with E-state index in [0.29, 0.717) is 42.8 Å². The molecule has 2 N–H and O–H groups in total. The van der Waals surface area contributed by atoms with Crippen molar-refractivity contribution >= 4 is 11.6 Å². The molecule has 8 atom stereocenters. The lowest BCUT2D eigenvalue weighted by atomic mass is 9.44. The van der Waals surface area contributed by atoms with Gasteiger partial charge in [-0.05, 0) is 73.0 Å². The van der Waals surface area contributed by atoms with Gasteiger partial charge in [-0.25, -0.2) is 0 Å². The molecule has 25 heavy (non-hydrogen) atoms. The summed E-state index contributed by atoms with van der Waals surface area (Å²) >= 11 is 0. The van der Waals surface area contributed by atoms with Crippen LogP contribution >= 0.6 is 0 Å². The molecule has 0 saturated heterocycles. The van der Waals surface area contributed by atoms with Crippen LogP contribution in [0.2, 0.25) is 0 Å². The topological polar surface area (TPSA) is 74.6 Å². The van der Waals surface area contributed by atoms with Crippen LogP contribution < -0.4 is 0 Å². The lowest BCUT2D eigenvalue weighted by Crippen LogP contribution is -2.59. The number of carbonyl (C=O) groups excluding carboxylic acids is 2. The molecule has 4 nitrogen and oxygen atoms in total. The lowest BCUT2D eigenvalue weighted by Gasteiger charge is -2.61. The van der Waals surface area contributed by atoms with E-state index in [1.54, 1.807) is 0 Å². The van der Waals surface area contributed by atoms with E-state index in [2.05, 4.69) is 13.8 Å². The van der Waals surface area contributed by atoms with Crippen LogP contribution in [0.5, 0.6) is 0 Å². The molecule has 0 aliphatic heterocycles. The van der Waals surface area contributed by atoms with Crippen molar-refractivity contribution in [1.29, 1.82) is 0 Å². The first kappa shape index (κ1) is 17.7. The number of carbonyl (C=O) groups is 2. The van der Waals surface area contributed by atoms with Crippen molar-refractivity contribution in [2.45, 2.75) is 71.3 Å². The van der Waals surface area contributed by atoms with Gasteiger partial charge >= 0.3 is 0 Å². The van der Waals surface area contributed by atoms with Crippen LogP contribution in [0.25, 0.3) is 0 Å². The van der Waals surface area contributed by atoms with Crippen molar-refractivity contribution in [3.8, 4) is 0 Å². The van der Waals surface area contributed by atoms with Gasteiger partial charge < -0.3 is 10.2 Å². The highest BCUT2D eigenvalue weighted by molar-refractivity contribution is 5.83. The third-order valence-corrected chi connectivity index (χ3v) is 8.95. The van der Waals surface area contributed by atoms with Gasteiger partial charge in [-0.15, -0.1) is 0 Å². The molecule has 4 saturated carbocycles. The molecule has 4 heteroatoms. The number of aliphatic hydroxyl groups excluding tert-OH is 2. The summed E-state index contributed by atoms with van der Waals surface area (Å²) < 4.78 is 0. The molecule has 4 aliphatic rings. The van der Waals surface area contributed by atoms with Gasteiger partial charge in [0.25, 0.3) is 0 Å². The Morgan fingerprint density at radius 1 is 1.16 bits per heavy atom. The normalized spacial score (nSPS) is 52.2. The Labute approximate surface area is 150 Å². The zero-order valence-electron chi connectivity index (χ0n) is 15.5. The quantitative estimate of drug-likeness (QED) is 0.805. The molecule has 140 valence electrons. The highest BCUT2D eigenvalue weighted by Gasteiger charge is 2.63. The number of aliphatic hydroxyl groups is 2. The second kappa shape index (κ2) is 5.88. The Bertz CT molecular complexity index is 586. The van der Waals surface area contributed by atoms with Crippen molar-refractivity contribution in [1.82, 2.24) is 0 Å². The van der Waals surface area contributed by atoms with Crippen LogP contribution in [0.3, 0.4) is 0 Å². The van der Waals surface area contributed by atoms with E-state index in [9.17, 15) is 19.8 Å². The molecule has 4 aliphatic carbocycles. The maximum Gasteiger partial charge on any atom is 0.161 e. The summed E-state index contributed by atoms with van der Waals surface area (Å²) in [6, 6.07) is 0. The number of hydrogen-bond acceptors (Lipinski definition) is 4. The van der Waals surface area contributed by atoms with Gasteiger partial charge in [0.15, 0.2) is 5.78 Å². The average molecular weight is 348 g/mol. The monoisotopic (exact) mass is 348 g/mol. The minimum Gasteiger partial charge on any atom is -0.393 e. The number of hydrogen-bond donors (Lipinski definition) is 2. The fraction of sp³-hybridized carbons (Fsp3) is 0.905. The molecule has 0 radical (unpaired) electrons. The van der Waals surface area contributed by atoms with Gasteiger partial charge in [-0.2, -0.15) is 0 Å². The Morgan fingerprint density at radius 3 is 2.64 bits per heavy atom. The average Bonchev–Trinajstić information content (AvgIpc) is 2.91. The summed E-state index contributed by atoms with van der Waals surface area (Å²) in [5.41, 5.74) is -0.106. The van der Waals surface area contributed by atoms with Crippen molar-refractivity contribution in [2.75, 3.05) is 6.61 Å². The summed E-state index contributed by atoms with van der Waals surface area (Å²) in [7, 11) is 0. The van der Waals surface area contributed by atoms with Crippen molar-refractivity contribution in [3.63, 3.8) is 0 Å². The predicted octanol–water partition coefficient (Wildman–Crippen LogP) is 2.75. The second-order valence-corrected chi connectivity index (χ2v) is 9.85. The largest absolute Gasteiger partial charge is 0.393 e. The van der Waals surface area contributed by atoms with Gasteiger partial charge in [0.1, 0.15) is 12.4 Å². The first-order valence-electron chi connectivity index (χ1n) is 10.1. The molecule has 4 fully saturated rings. The standard InChI is InChI=1S/C21H32O4/c1-20-8-7-13(23)9-12(20)3-4-14-15-5-6-16(18(25)11-22)21(15,2)10-17(24)19(14)20/h12,14-17,19,22,24H,3-11H2,1-2H3/t12-,14-,15-,16+,17+,19+,20-,21-/m0/s1. The maximum absolute atomic E-state index is 12.3. The highest BCUT2D eigenvalue weighted by atomic mass is 16.3. The molecule has 0 spiro atoms. The number of ketones is 2. The third kappa shape index (κ3) is 2.39. The van der Waals surface area contributed by atoms with Crippen molar-refractivity contribution in [3.05, 3.63) is 0 Å². The summed E-state index contributed by atoms with van der Waals surface area (Å²) in [5.74, 6) is 1.86. The predicted molar refractivity (Wildman–Crippen MR) is 93.7 cm³/mol. The molecular weight excluding hydrogens is 316 g/mol. The molecule has 0 unspecified atom stereocenters. The van der Waals surface area contributed by atoms with Crippen LogP contribution in [0.1, 0.15) is 65.2 Å². The molecule has 0 amide bonds. The van der Waals surface area contributed by atoms with Crippen LogP contribution in [0, 0.1) is 40.4 Å². The minimum absolute atomic E-state index is 0.0428. The van der Waals surface area contributed by atoms with Crippen LogP contribution in [-0.2, 0) is 9.59 Å². The smallest absolute Gasteiger partial charge is 0.161 e. The summed E-state index contributed by atoms with van der Waals surface area (Å²) in [6.45, 7) is 4.12. The van der Waals surface area contributed by atoms with E-state index in [1.807, 2.05) is 0 Å². The minimum atomic E-state index is -0.389. The molecule has 0 aromatic heterocycles. The Kier molecular flexibility index (Phi) is 4.16. The maximum atomic E-state index is 12.3. The molecule has 0 heterocycles. The van der Waals surface area contributed by atoms with E-state index in [0.717, 1.165) is 32.1 Å². The van der Waals surface area contributed by atoms with E-state index < -0.39 is 0 Å². The number of rotatable bonds is 2. The van der Waals surface area contributed by atoms with Crippen molar-refractivity contribution < 1.29 is 19.8 Å². The molecule has 4 rings (SSSR count). The molecular formula is C21H32O4. The zero-order valence-corrected chi connectivity index (χ0v) is 15.5. The van der Waals surface area contributed by atoms with Gasteiger partial charge in [-0.3, -0.25) is 9.59 Å². The second-order valence-electron chi connectivity index (χ2n) is 9.85. The van der Waals surface area contributed by atoms with E-state index in [-0.39, 0.29) is 41.2 Å². The van der Waals surface area contributed by atoms with Crippen molar-refractivity contribution in [2.24, 2.45) is 40.4 Å². The Balaban J connectivity index is 1.66. The summed E-state index contributed by atoms with van der Waals surface area (Å²) in [5, 5.41) is 20.6. The van der Waals surface area contributed by atoms with E-state index in [1.165, 1.54) is 0 Å². The lowest BCUT2D eigenvalue weighted by molar-refractivity contribution is -0.174. The fourth-order valence-corrected chi connectivity index (χ4v) is 7.81. The van der Waals surface area contributed by atoms with Crippen LogP contribution in [-0.4, -0.2) is 34.5 Å². The Hall–Kier alpha value is -0.740. The fourth-order valence-electron chi connectivity index (χ4n) is 7.81. The van der Waals surface area contributed by atoms with Crippen LogP contribution in [0.15, 0.2) is 0 Å². The third-order valence-electron chi connectivity index (χ3n) is 8.95. The number of Topliss-reactive ketones (excluding diaryl/α,β-unsaturated/α-hetero) is 2.